The van der Waals surface area contributed by atoms with Crippen molar-refractivity contribution in [1.29, 1.82) is 0 Å². The van der Waals surface area contributed by atoms with Crippen LogP contribution >= 0.6 is 39.1 Å². The van der Waals surface area contributed by atoms with E-state index in [9.17, 15) is 9.59 Å². The number of nitrogens with one attached hydrogen (secondary N) is 1. The minimum atomic E-state index is -1.06. The van der Waals surface area contributed by atoms with Crippen LogP contribution in [0.3, 0.4) is 0 Å². The first-order valence-electron chi connectivity index (χ1n) is 7.64. The zero-order valence-corrected chi connectivity index (χ0v) is 17.4. The van der Waals surface area contributed by atoms with Crippen molar-refractivity contribution in [3.63, 3.8) is 0 Å². The molecule has 0 radical (unpaired) electrons. The van der Waals surface area contributed by atoms with E-state index in [1.165, 1.54) is 38.4 Å². The summed E-state index contributed by atoms with van der Waals surface area (Å²) in [6, 6.07) is 6.80. The van der Waals surface area contributed by atoms with Gasteiger partial charge < -0.3 is 14.8 Å². The quantitative estimate of drug-likeness (QED) is 0.484. The van der Waals surface area contributed by atoms with Gasteiger partial charge in [0.1, 0.15) is 5.75 Å². The van der Waals surface area contributed by atoms with Gasteiger partial charge in [-0.3, -0.25) is 4.79 Å². The van der Waals surface area contributed by atoms with Gasteiger partial charge in [-0.1, -0.05) is 39.1 Å². The molecule has 1 aromatic carbocycles. The first-order chi connectivity index (χ1) is 12.8. The predicted octanol–water partition coefficient (Wildman–Crippen LogP) is 4.74. The molecule has 1 atom stereocenters. The van der Waals surface area contributed by atoms with Gasteiger partial charge in [-0.25, -0.2) is 9.78 Å². The molecule has 0 saturated carbocycles. The first-order valence-corrected chi connectivity index (χ1v) is 9.19. The van der Waals surface area contributed by atoms with E-state index in [-0.39, 0.29) is 10.8 Å². The van der Waals surface area contributed by atoms with Gasteiger partial charge in [0, 0.05) is 22.3 Å². The number of hydrogen-bond acceptors (Lipinski definition) is 5. The van der Waals surface area contributed by atoms with Crippen LogP contribution in [0.25, 0.3) is 6.08 Å². The molecule has 0 aliphatic heterocycles. The molecule has 1 N–H and O–H groups in total. The number of halogens is 3. The van der Waals surface area contributed by atoms with Crippen molar-refractivity contribution in [1.82, 2.24) is 4.98 Å². The SMILES string of the molecule is COc1ccc(Br)cc1/C=C/C(=O)OC(C)C(=O)Nc1ncc(Cl)cc1Cl. The summed E-state index contributed by atoms with van der Waals surface area (Å²) in [5, 5.41) is 2.99. The van der Waals surface area contributed by atoms with Gasteiger partial charge >= 0.3 is 5.97 Å². The Balaban J connectivity index is 1.98. The molecule has 0 aliphatic carbocycles. The minimum absolute atomic E-state index is 0.128. The smallest absolute Gasteiger partial charge is 0.331 e. The van der Waals surface area contributed by atoms with Gasteiger partial charge in [0.05, 0.1) is 17.2 Å². The second kappa shape index (κ2) is 9.73. The monoisotopic (exact) mass is 472 g/mol. The number of carbonyl (C=O) groups excluding carboxylic acids is 2. The lowest BCUT2D eigenvalue weighted by Crippen LogP contribution is -2.29. The topological polar surface area (TPSA) is 77.5 Å². The minimum Gasteiger partial charge on any atom is -0.496 e. The number of amides is 1. The van der Waals surface area contributed by atoms with Crippen molar-refractivity contribution in [2.24, 2.45) is 0 Å². The Morgan fingerprint density at radius 2 is 2.04 bits per heavy atom. The molecular formula is C18H15BrCl2N2O4. The number of aromatic nitrogens is 1. The highest BCUT2D eigenvalue weighted by atomic mass is 79.9. The van der Waals surface area contributed by atoms with E-state index in [4.69, 9.17) is 32.7 Å². The molecule has 2 aromatic rings. The third kappa shape index (κ3) is 6.23. The number of carbonyl (C=O) groups is 2. The highest BCUT2D eigenvalue weighted by Gasteiger charge is 2.18. The Bertz CT molecular complexity index is 890. The van der Waals surface area contributed by atoms with Crippen LogP contribution in [0.4, 0.5) is 5.82 Å². The van der Waals surface area contributed by atoms with E-state index in [2.05, 4.69) is 26.2 Å². The van der Waals surface area contributed by atoms with E-state index in [1.54, 1.807) is 12.1 Å². The van der Waals surface area contributed by atoms with Crippen LogP contribution in [0.15, 0.2) is 41.0 Å². The Hall–Kier alpha value is -2.09. The Morgan fingerprint density at radius 1 is 1.30 bits per heavy atom. The summed E-state index contributed by atoms with van der Waals surface area (Å²) in [5.74, 6) is -0.539. The molecule has 1 amide bonds. The van der Waals surface area contributed by atoms with Gasteiger partial charge in [-0.15, -0.1) is 0 Å². The fourth-order valence-corrected chi connectivity index (χ4v) is 2.79. The molecule has 2 rings (SSSR count). The number of nitrogens with zero attached hydrogens (tertiary/aromatic N) is 1. The van der Waals surface area contributed by atoms with Crippen LogP contribution in [0.2, 0.25) is 10.0 Å². The summed E-state index contributed by atoms with van der Waals surface area (Å²) < 4.78 is 11.1. The third-order valence-electron chi connectivity index (χ3n) is 3.30. The maximum Gasteiger partial charge on any atom is 0.331 e. The summed E-state index contributed by atoms with van der Waals surface area (Å²) in [4.78, 5) is 28.0. The van der Waals surface area contributed by atoms with Gasteiger partial charge in [0.15, 0.2) is 11.9 Å². The van der Waals surface area contributed by atoms with Crippen molar-refractivity contribution in [3.8, 4) is 5.75 Å². The standard InChI is InChI=1S/C18H15BrCl2N2O4/c1-10(18(25)23-17-14(21)8-13(20)9-22-17)27-16(24)6-3-11-7-12(19)4-5-15(11)26-2/h3-10H,1-2H3,(H,22,23,25)/b6-3+. The molecule has 0 saturated heterocycles. The van der Waals surface area contributed by atoms with Gasteiger partial charge in [0.2, 0.25) is 0 Å². The molecule has 0 spiro atoms. The van der Waals surface area contributed by atoms with E-state index in [0.717, 1.165) is 4.47 Å². The number of methoxy groups -OCH3 is 1. The lowest BCUT2D eigenvalue weighted by molar-refractivity contribution is -0.148. The van der Waals surface area contributed by atoms with E-state index in [1.807, 2.05) is 6.07 Å². The molecule has 0 bridgehead atoms. The molecule has 9 heteroatoms. The second-order valence-electron chi connectivity index (χ2n) is 5.27. The zero-order chi connectivity index (χ0) is 20.0. The van der Waals surface area contributed by atoms with Gasteiger partial charge in [-0.2, -0.15) is 0 Å². The van der Waals surface area contributed by atoms with Crippen LogP contribution in [-0.2, 0) is 14.3 Å². The normalized spacial score (nSPS) is 11.9. The van der Waals surface area contributed by atoms with E-state index < -0.39 is 18.0 Å². The van der Waals surface area contributed by atoms with Crippen molar-refractivity contribution >= 4 is 62.9 Å². The zero-order valence-electron chi connectivity index (χ0n) is 14.3. The molecule has 6 nitrogen and oxygen atoms in total. The van der Waals surface area contributed by atoms with Crippen molar-refractivity contribution in [2.75, 3.05) is 12.4 Å². The Labute approximate surface area is 174 Å². The number of anilines is 1. The maximum atomic E-state index is 12.1. The Kier molecular flexibility index (Phi) is 7.65. The molecule has 0 fully saturated rings. The number of pyridine rings is 1. The predicted molar refractivity (Wildman–Crippen MR) is 108 cm³/mol. The number of ether oxygens (including phenoxy) is 2. The molecule has 142 valence electrons. The first kappa shape index (κ1) is 21.2. The second-order valence-corrected chi connectivity index (χ2v) is 7.03. The van der Waals surface area contributed by atoms with Crippen LogP contribution in [0, 0.1) is 0 Å². The Morgan fingerprint density at radius 3 is 2.70 bits per heavy atom. The summed E-state index contributed by atoms with van der Waals surface area (Å²) in [5.41, 5.74) is 0.679. The van der Waals surface area contributed by atoms with E-state index in [0.29, 0.717) is 16.3 Å². The summed E-state index contributed by atoms with van der Waals surface area (Å²) in [7, 11) is 1.53. The molecule has 1 heterocycles. The molecule has 0 aliphatic rings. The molecular weight excluding hydrogens is 459 g/mol. The molecule has 27 heavy (non-hydrogen) atoms. The molecule has 1 unspecified atom stereocenters. The number of hydrogen-bond donors (Lipinski definition) is 1. The fraction of sp³-hybridized carbons (Fsp3) is 0.167. The average Bonchev–Trinajstić information content (AvgIpc) is 2.62. The van der Waals surface area contributed by atoms with Crippen LogP contribution < -0.4 is 10.1 Å². The lowest BCUT2D eigenvalue weighted by Gasteiger charge is -2.12. The highest BCUT2D eigenvalue weighted by molar-refractivity contribution is 9.10. The summed E-state index contributed by atoms with van der Waals surface area (Å²) in [6.45, 7) is 1.44. The summed E-state index contributed by atoms with van der Waals surface area (Å²) in [6.07, 6.45) is 3.03. The van der Waals surface area contributed by atoms with Gasteiger partial charge in [-0.05, 0) is 37.3 Å². The number of esters is 1. The van der Waals surface area contributed by atoms with E-state index >= 15 is 0 Å². The molecule has 1 aromatic heterocycles. The van der Waals surface area contributed by atoms with Crippen molar-refractivity contribution < 1.29 is 19.1 Å². The van der Waals surface area contributed by atoms with Crippen LogP contribution in [-0.4, -0.2) is 30.1 Å². The largest absolute Gasteiger partial charge is 0.496 e. The maximum absolute atomic E-state index is 12.1. The van der Waals surface area contributed by atoms with Crippen molar-refractivity contribution in [3.05, 3.63) is 56.6 Å². The number of rotatable bonds is 6. The fourth-order valence-electron chi connectivity index (χ4n) is 1.99. The number of benzene rings is 1. The lowest BCUT2D eigenvalue weighted by atomic mass is 10.2. The third-order valence-corrected chi connectivity index (χ3v) is 4.29. The van der Waals surface area contributed by atoms with Crippen molar-refractivity contribution in [2.45, 2.75) is 13.0 Å². The van der Waals surface area contributed by atoms with Gasteiger partial charge in [0.25, 0.3) is 5.91 Å². The average molecular weight is 474 g/mol. The van der Waals surface area contributed by atoms with Crippen LogP contribution in [0.5, 0.6) is 5.75 Å². The summed E-state index contributed by atoms with van der Waals surface area (Å²) >= 11 is 15.0. The van der Waals surface area contributed by atoms with Crippen LogP contribution in [0.1, 0.15) is 12.5 Å². The highest BCUT2D eigenvalue weighted by Crippen LogP contribution is 2.24.